The van der Waals surface area contributed by atoms with Crippen molar-refractivity contribution in [1.29, 1.82) is 0 Å². The quantitative estimate of drug-likeness (QED) is 0.152. The summed E-state index contributed by atoms with van der Waals surface area (Å²) in [5, 5.41) is 6.32. The Hall–Kier alpha value is -3.83. The van der Waals surface area contributed by atoms with E-state index in [1.54, 1.807) is 20.8 Å². The van der Waals surface area contributed by atoms with Crippen molar-refractivity contribution >= 4 is 23.1 Å². The van der Waals surface area contributed by atoms with Crippen molar-refractivity contribution in [3.63, 3.8) is 0 Å². The summed E-state index contributed by atoms with van der Waals surface area (Å²) in [5.41, 5.74) is 5.36. The minimum atomic E-state index is -1.00. The maximum Gasteiger partial charge on any atom is 0.250 e. The Morgan fingerprint density at radius 1 is 0.707 bits per heavy atom. The number of nitrogens with zero attached hydrogens (tertiary/aromatic N) is 1. The highest BCUT2D eigenvalue weighted by atomic mass is 16.7. The van der Waals surface area contributed by atoms with E-state index in [-0.39, 0.29) is 24.2 Å². The van der Waals surface area contributed by atoms with Crippen LogP contribution >= 0.6 is 0 Å². The summed E-state index contributed by atoms with van der Waals surface area (Å²) in [7, 11) is 0. The third-order valence-electron chi connectivity index (χ3n) is 5.72. The highest BCUT2D eigenvalue weighted by Crippen LogP contribution is 2.14. The zero-order valence-corrected chi connectivity index (χ0v) is 24.3. The molecule has 218 valence electrons. The van der Waals surface area contributed by atoms with E-state index >= 15 is 0 Å². The molecule has 3 rings (SSSR count). The van der Waals surface area contributed by atoms with Gasteiger partial charge >= 0.3 is 0 Å². The highest BCUT2D eigenvalue weighted by Gasteiger charge is 2.33. The fourth-order valence-electron chi connectivity index (χ4n) is 3.70. The zero-order chi connectivity index (χ0) is 30.2. The minimum absolute atomic E-state index is 0.191. The first kappa shape index (κ1) is 31.7. The van der Waals surface area contributed by atoms with Crippen molar-refractivity contribution in [2.45, 2.75) is 77.7 Å². The van der Waals surface area contributed by atoms with Crippen LogP contribution in [0, 0.1) is 0 Å². The lowest BCUT2D eigenvalue weighted by molar-refractivity contribution is -0.129. The smallest absolute Gasteiger partial charge is 0.250 e. The van der Waals surface area contributed by atoms with Crippen LogP contribution in [0.2, 0.25) is 0 Å². The number of aromatic amines is 1. The number of carbonyl (C=O) groups excluding carboxylic acids is 4. The second kappa shape index (κ2) is 13.7. The van der Waals surface area contributed by atoms with E-state index in [2.05, 4.69) is 21.2 Å². The van der Waals surface area contributed by atoms with E-state index in [4.69, 9.17) is 9.68 Å². The molecule has 10 heteroatoms. The molecule has 3 N–H and O–H groups in total. The van der Waals surface area contributed by atoms with Gasteiger partial charge in [-0.3, -0.25) is 34.0 Å². The minimum Gasteiger partial charge on any atom is -0.295 e. The number of Topliss-reactive ketones (excluding diaryl/α,β-unsaturated/α-hetero) is 4. The molecular formula is C31H38N4O6. The van der Waals surface area contributed by atoms with Gasteiger partial charge in [0.1, 0.15) is 23.5 Å². The van der Waals surface area contributed by atoms with Crippen LogP contribution < -0.4 is 11.0 Å². The largest absolute Gasteiger partial charge is 0.295 e. The average molecular weight is 563 g/mol. The molecule has 1 aromatic heterocycles. The van der Waals surface area contributed by atoms with E-state index in [1.165, 1.54) is 0 Å². The Balaban J connectivity index is 1.77. The Kier molecular flexibility index (Phi) is 10.6. The third-order valence-corrected chi connectivity index (χ3v) is 5.72. The van der Waals surface area contributed by atoms with E-state index < -0.39 is 46.4 Å². The van der Waals surface area contributed by atoms with Crippen molar-refractivity contribution in [2.75, 3.05) is 0 Å². The molecule has 10 nitrogen and oxygen atoms in total. The standard InChI is InChI=1S/C31H38N4O6/c1-30(2,3)40-34-24(17-20-13-9-7-10-14-20)28(38)26(36)22-19-23(33-32-22)27(37)29(39)25(35-41-31(4,5)6)18-21-15-11-8-12-16-21/h7-16,19,24-25,34-35H,17-18H2,1-6H3,(H,32,33)/t24-,25-/m0/s1. The van der Waals surface area contributed by atoms with Crippen LogP contribution in [0.5, 0.6) is 0 Å². The average Bonchev–Trinajstić information content (AvgIpc) is 3.42. The van der Waals surface area contributed by atoms with E-state index in [0.717, 1.165) is 17.2 Å². The van der Waals surface area contributed by atoms with Gasteiger partial charge in [0, 0.05) is 0 Å². The molecule has 0 fully saturated rings. The Bertz CT molecular complexity index is 1240. The molecule has 0 amide bonds. The Morgan fingerprint density at radius 2 is 1.12 bits per heavy atom. The van der Waals surface area contributed by atoms with Crippen LogP contribution in [-0.2, 0) is 32.1 Å². The monoisotopic (exact) mass is 562 g/mol. The topological polar surface area (TPSA) is 139 Å². The molecule has 2 atom stereocenters. The summed E-state index contributed by atoms with van der Waals surface area (Å²) < 4.78 is 0. The number of hydroxylamine groups is 2. The summed E-state index contributed by atoms with van der Waals surface area (Å²) in [6.07, 6.45) is 0.386. The molecule has 0 unspecified atom stereocenters. The van der Waals surface area contributed by atoms with Crippen LogP contribution in [0.3, 0.4) is 0 Å². The number of rotatable bonds is 14. The van der Waals surface area contributed by atoms with Crippen LogP contribution in [0.1, 0.15) is 73.6 Å². The first-order valence-corrected chi connectivity index (χ1v) is 13.4. The lowest BCUT2D eigenvalue weighted by atomic mass is 9.98. The number of hydrogen-bond acceptors (Lipinski definition) is 9. The van der Waals surface area contributed by atoms with Crippen molar-refractivity contribution in [3.05, 3.63) is 89.2 Å². The number of hydrogen-bond donors (Lipinski definition) is 3. The first-order chi connectivity index (χ1) is 19.2. The lowest BCUT2D eigenvalue weighted by Gasteiger charge is -2.24. The maximum atomic E-state index is 13.3. The van der Waals surface area contributed by atoms with Crippen LogP contribution in [-0.4, -0.2) is 56.6 Å². The first-order valence-electron chi connectivity index (χ1n) is 13.4. The van der Waals surface area contributed by atoms with Gasteiger partial charge in [0.25, 0.3) is 5.78 Å². The number of nitrogens with one attached hydrogen (secondary N) is 3. The van der Waals surface area contributed by atoms with Crippen LogP contribution in [0.15, 0.2) is 66.7 Å². The molecule has 0 aliphatic carbocycles. The van der Waals surface area contributed by atoms with Crippen molar-refractivity contribution < 1.29 is 28.9 Å². The van der Waals surface area contributed by atoms with Gasteiger partial charge in [0.05, 0.1) is 11.2 Å². The Labute approximate surface area is 240 Å². The van der Waals surface area contributed by atoms with Crippen molar-refractivity contribution in [2.24, 2.45) is 0 Å². The number of carbonyl (C=O) groups is 4. The molecule has 41 heavy (non-hydrogen) atoms. The van der Waals surface area contributed by atoms with Gasteiger partial charge < -0.3 is 0 Å². The fraction of sp³-hybridized carbons (Fsp3) is 0.387. The normalized spacial score (nSPS) is 13.4. The SMILES string of the molecule is CC(C)(C)ON[C@@H](Cc1ccccc1)C(=O)C(=O)c1cc(C(=O)C(=O)[C@H](Cc2ccccc2)NOC(C)(C)C)[nH]n1. The van der Waals surface area contributed by atoms with E-state index in [0.29, 0.717) is 0 Å². The maximum absolute atomic E-state index is 13.3. The van der Waals surface area contributed by atoms with E-state index in [9.17, 15) is 19.2 Å². The fourth-order valence-corrected chi connectivity index (χ4v) is 3.70. The lowest BCUT2D eigenvalue weighted by Crippen LogP contribution is -2.45. The molecule has 0 spiro atoms. The second-order valence-corrected chi connectivity index (χ2v) is 11.7. The second-order valence-electron chi connectivity index (χ2n) is 11.7. The predicted molar refractivity (Wildman–Crippen MR) is 153 cm³/mol. The predicted octanol–water partition coefficient (Wildman–Crippen LogP) is 3.78. The molecule has 2 aromatic carbocycles. The molecule has 3 aromatic rings. The van der Waals surface area contributed by atoms with Crippen LogP contribution in [0.4, 0.5) is 0 Å². The van der Waals surface area contributed by atoms with Gasteiger partial charge in [-0.25, -0.2) is 0 Å². The molecule has 0 radical (unpaired) electrons. The molecule has 0 saturated carbocycles. The highest BCUT2D eigenvalue weighted by molar-refractivity contribution is 6.47. The number of H-pyrrole nitrogens is 1. The zero-order valence-electron chi connectivity index (χ0n) is 24.3. The molecule has 1 heterocycles. The summed E-state index contributed by atoms with van der Waals surface area (Å²) in [4.78, 5) is 64.0. The van der Waals surface area contributed by atoms with Crippen LogP contribution in [0.25, 0.3) is 0 Å². The molecule has 0 saturated heterocycles. The van der Waals surface area contributed by atoms with Crippen molar-refractivity contribution in [1.82, 2.24) is 21.2 Å². The molecule has 0 aliphatic heterocycles. The summed E-state index contributed by atoms with van der Waals surface area (Å²) in [6, 6.07) is 17.5. The number of ketones is 4. The number of aromatic nitrogens is 2. The Morgan fingerprint density at radius 3 is 1.54 bits per heavy atom. The molecule has 0 aliphatic rings. The summed E-state index contributed by atoms with van der Waals surface area (Å²) in [6.45, 7) is 10.8. The van der Waals surface area contributed by atoms with Gasteiger partial charge in [0.15, 0.2) is 0 Å². The number of benzene rings is 2. The van der Waals surface area contributed by atoms with Crippen molar-refractivity contribution in [3.8, 4) is 0 Å². The van der Waals surface area contributed by atoms with Gasteiger partial charge in [0.2, 0.25) is 17.3 Å². The van der Waals surface area contributed by atoms with Gasteiger partial charge in [-0.05, 0) is 71.6 Å². The molecule has 0 bridgehead atoms. The van der Waals surface area contributed by atoms with Gasteiger partial charge in [-0.2, -0.15) is 16.1 Å². The van der Waals surface area contributed by atoms with Gasteiger partial charge in [-0.15, -0.1) is 0 Å². The third kappa shape index (κ3) is 9.94. The summed E-state index contributed by atoms with van der Waals surface area (Å²) >= 11 is 0. The summed E-state index contributed by atoms with van der Waals surface area (Å²) in [5.74, 6) is -3.40. The van der Waals surface area contributed by atoms with E-state index in [1.807, 2.05) is 81.4 Å². The molecular weight excluding hydrogens is 524 g/mol. The van der Waals surface area contributed by atoms with Gasteiger partial charge in [-0.1, -0.05) is 60.7 Å².